The van der Waals surface area contributed by atoms with Gasteiger partial charge in [-0.3, -0.25) is 4.72 Å². The first-order valence-electron chi connectivity index (χ1n) is 6.87. The lowest BCUT2D eigenvalue weighted by Gasteiger charge is -2.13. The number of rotatable bonds is 5. The number of benzene rings is 2. The van der Waals surface area contributed by atoms with Gasteiger partial charge in [0, 0.05) is 0 Å². The Bertz CT molecular complexity index is 949. The van der Waals surface area contributed by atoms with Crippen LogP contribution in [-0.4, -0.2) is 19.5 Å². The Balaban J connectivity index is 2.46. The largest absolute Gasteiger partial charge is 0.478 e. The van der Waals surface area contributed by atoms with E-state index in [9.17, 15) is 17.6 Å². The highest BCUT2D eigenvalue weighted by Gasteiger charge is 2.19. The Morgan fingerprint density at radius 2 is 2.00 bits per heavy atom. The first-order valence-corrected chi connectivity index (χ1v) is 8.35. The van der Waals surface area contributed by atoms with Gasteiger partial charge in [-0.1, -0.05) is 13.0 Å². The van der Waals surface area contributed by atoms with E-state index in [1.54, 1.807) is 13.0 Å². The van der Waals surface area contributed by atoms with E-state index in [0.29, 0.717) is 12.0 Å². The Morgan fingerprint density at radius 1 is 1.29 bits per heavy atom. The number of hydrogen-bond donors (Lipinski definition) is 2. The molecule has 0 atom stereocenters. The Hall–Kier alpha value is -2.92. The molecule has 0 aliphatic heterocycles. The normalized spacial score (nSPS) is 10.9. The number of carboxylic acids is 1. The molecule has 6 nitrogen and oxygen atoms in total. The van der Waals surface area contributed by atoms with Gasteiger partial charge in [0.15, 0.2) is 0 Å². The number of carbonyl (C=O) groups is 1. The van der Waals surface area contributed by atoms with Crippen molar-refractivity contribution in [2.45, 2.75) is 18.2 Å². The molecule has 24 heavy (non-hydrogen) atoms. The molecule has 0 aliphatic rings. The fourth-order valence-corrected chi connectivity index (χ4v) is 3.17. The summed E-state index contributed by atoms with van der Waals surface area (Å²) in [6.45, 7) is 1.79. The van der Waals surface area contributed by atoms with Crippen molar-refractivity contribution in [1.29, 1.82) is 5.26 Å². The molecular formula is C16H13FN2O4S. The average molecular weight is 348 g/mol. The molecule has 0 saturated carbocycles. The Kier molecular flexibility index (Phi) is 4.85. The fraction of sp³-hybridized carbons (Fsp3) is 0.125. The summed E-state index contributed by atoms with van der Waals surface area (Å²) in [7, 11) is -4.13. The van der Waals surface area contributed by atoms with Gasteiger partial charge in [-0.15, -0.1) is 0 Å². The Labute approximate surface area is 138 Å². The molecular weight excluding hydrogens is 335 g/mol. The fourth-order valence-electron chi connectivity index (χ4n) is 2.07. The molecule has 124 valence electrons. The molecule has 2 aromatic carbocycles. The van der Waals surface area contributed by atoms with Crippen molar-refractivity contribution in [3.63, 3.8) is 0 Å². The summed E-state index contributed by atoms with van der Waals surface area (Å²) in [6, 6.07) is 8.62. The first kappa shape index (κ1) is 17.4. The van der Waals surface area contributed by atoms with Crippen LogP contribution in [0.5, 0.6) is 0 Å². The van der Waals surface area contributed by atoms with Gasteiger partial charge in [0.1, 0.15) is 11.9 Å². The molecule has 0 aliphatic carbocycles. The number of aryl methyl sites for hydroxylation is 1. The van der Waals surface area contributed by atoms with Crippen molar-refractivity contribution in [1.82, 2.24) is 0 Å². The van der Waals surface area contributed by atoms with Crippen LogP contribution < -0.4 is 4.72 Å². The van der Waals surface area contributed by atoms with Gasteiger partial charge in [0.25, 0.3) is 10.0 Å². The second kappa shape index (κ2) is 6.68. The highest BCUT2D eigenvalue weighted by Crippen LogP contribution is 2.23. The van der Waals surface area contributed by atoms with Crippen molar-refractivity contribution < 1.29 is 22.7 Å². The zero-order chi connectivity index (χ0) is 17.9. The maximum atomic E-state index is 13.6. The molecule has 8 heteroatoms. The lowest BCUT2D eigenvalue weighted by molar-refractivity contribution is 0.0697. The number of hydrogen-bond acceptors (Lipinski definition) is 4. The molecule has 0 radical (unpaired) electrons. The predicted molar refractivity (Wildman–Crippen MR) is 84.7 cm³/mol. The van der Waals surface area contributed by atoms with Crippen LogP contribution in [0.15, 0.2) is 41.3 Å². The van der Waals surface area contributed by atoms with Crippen LogP contribution in [0.3, 0.4) is 0 Å². The third-order valence-corrected chi connectivity index (χ3v) is 4.72. The van der Waals surface area contributed by atoms with Crippen LogP contribution in [0.2, 0.25) is 0 Å². The minimum absolute atomic E-state index is 0.0732. The second-order valence-corrected chi connectivity index (χ2v) is 6.57. The highest BCUT2D eigenvalue weighted by molar-refractivity contribution is 7.92. The number of halogens is 1. The van der Waals surface area contributed by atoms with Gasteiger partial charge >= 0.3 is 5.97 Å². The monoisotopic (exact) mass is 348 g/mol. The van der Waals surface area contributed by atoms with E-state index in [2.05, 4.69) is 4.72 Å². The predicted octanol–water partition coefficient (Wildman–Crippen LogP) is 2.76. The van der Waals surface area contributed by atoms with Crippen LogP contribution in [0.4, 0.5) is 10.1 Å². The summed E-state index contributed by atoms with van der Waals surface area (Å²) in [5.41, 5.74) is 0.367. The van der Waals surface area contributed by atoms with Gasteiger partial charge in [-0.2, -0.15) is 5.26 Å². The minimum atomic E-state index is -4.13. The maximum absolute atomic E-state index is 13.6. The highest BCUT2D eigenvalue weighted by atomic mass is 32.2. The van der Waals surface area contributed by atoms with E-state index in [1.165, 1.54) is 18.2 Å². The summed E-state index contributed by atoms with van der Waals surface area (Å²) in [5.74, 6) is -2.14. The average Bonchev–Trinajstić information content (AvgIpc) is 2.54. The van der Waals surface area contributed by atoms with Crippen LogP contribution in [-0.2, 0) is 16.4 Å². The summed E-state index contributed by atoms with van der Waals surface area (Å²) in [4.78, 5) is 10.7. The third-order valence-electron chi connectivity index (χ3n) is 3.35. The second-order valence-electron chi connectivity index (χ2n) is 4.89. The number of sulfonamides is 1. The van der Waals surface area contributed by atoms with E-state index >= 15 is 0 Å². The number of carboxylic acid groups (broad SMARTS) is 1. The van der Waals surface area contributed by atoms with Crippen molar-refractivity contribution in [3.05, 3.63) is 58.9 Å². The zero-order valence-electron chi connectivity index (χ0n) is 12.6. The number of aromatic carboxylic acids is 1. The van der Waals surface area contributed by atoms with Gasteiger partial charge in [-0.05, 0) is 42.3 Å². The first-order chi connectivity index (χ1) is 11.3. The maximum Gasteiger partial charge on any atom is 0.335 e. The van der Waals surface area contributed by atoms with Crippen molar-refractivity contribution in [2.24, 2.45) is 0 Å². The molecule has 2 rings (SSSR count). The summed E-state index contributed by atoms with van der Waals surface area (Å²) in [6.07, 6.45) is 0.472. The molecule has 0 bridgehead atoms. The standard InChI is InChI=1S/C16H13FN2O4S/c1-2-10-3-4-11(16(20)21)7-15(10)19-24(22,23)13-6-5-12(9-18)14(17)8-13/h3-8,19H,2H2,1H3,(H,20,21). The molecule has 2 aromatic rings. The lowest BCUT2D eigenvalue weighted by Crippen LogP contribution is -2.15. The third kappa shape index (κ3) is 3.52. The van der Waals surface area contributed by atoms with E-state index in [-0.39, 0.29) is 21.7 Å². The minimum Gasteiger partial charge on any atom is -0.478 e. The van der Waals surface area contributed by atoms with Crippen LogP contribution in [0.1, 0.15) is 28.4 Å². The number of nitrogens with zero attached hydrogens (tertiary/aromatic N) is 1. The van der Waals surface area contributed by atoms with E-state index < -0.39 is 21.8 Å². The SMILES string of the molecule is CCc1ccc(C(=O)O)cc1NS(=O)(=O)c1ccc(C#N)c(F)c1. The van der Waals surface area contributed by atoms with E-state index in [4.69, 9.17) is 10.4 Å². The van der Waals surface area contributed by atoms with E-state index in [0.717, 1.165) is 18.2 Å². The van der Waals surface area contributed by atoms with Gasteiger partial charge in [-0.25, -0.2) is 17.6 Å². The summed E-state index contributed by atoms with van der Waals surface area (Å²) in [5, 5.41) is 17.7. The van der Waals surface area contributed by atoms with Crippen LogP contribution in [0, 0.1) is 17.1 Å². The van der Waals surface area contributed by atoms with Crippen molar-refractivity contribution >= 4 is 21.7 Å². The van der Waals surface area contributed by atoms with Gasteiger partial charge in [0.05, 0.1) is 21.7 Å². The van der Waals surface area contributed by atoms with Gasteiger partial charge < -0.3 is 5.11 Å². The molecule has 0 heterocycles. The molecule has 0 unspecified atom stereocenters. The van der Waals surface area contributed by atoms with E-state index in [1.807, 2.05) is 0 Å². The molecule has 2 N–H and O–H groups in total. The molecule has 0 spiro atoms. The molecule has 0 fully saturated rings. The summed E-state index contributed by atoms with van der Waals surface area (Å²) >= 11 is 0. The zero-order valence-corrected chi connectivity index (χ0v) is 13.4. The van der Waals surface area contributed by atoms with Gasteiger partial charge in [0.2, 0.25) is 0 Å². The quantitative estimate of drug-likeness (QED) is 0.864. The lowest BCUT2D eigenvalue weighted by atomic mass is 10.1. The molecule has 0 amide bonds. The van der Waals surface area contributed by atoms with Crippen LogP contribution >= 0.6 is 0 Å². The van der Waals surface area contributed by atoms with Crippen LogP contribution in [0.25, 0.3) is 0 Å². The van der Waals surface area contributed by atoms with Crippen molar-refractivity contribution in [3.8, 4) is 6.07 Å². The Morgan fingerprint density at radius 3 is 2.54 bits per heavy atom. The molecule has 0 aromatic heterocycles. The summed E-state index contributed by atoms with van der Waals surface area (Å²) < 4.78 is 40.7. The number of anilines is 1. The number of nitrogens with one attached hydrogen (secondary N) is 1. The smallest absolute Gasteiger partial charge is 0.335 e. The van der Waals surface area contributed by atoms with Crippen molar-refractivity contribution in [2.75, 3.05) is 4.72 Å². The topological polar surface area (TPSA) is 107 Å². The number of nitriles is 1. The molecule has 0 saturated heterocycles.